The fourth-order valence-electron chi connectivity index (χ4n) is 2.59. The molecule has 122 valence electrons. The number of halogens is 1. The first-order valence-electron chi connectivity index (χ1n) is 7.63. The van der Waals surface area contributed by atoms with Crippen LogP contribution in [-0.4, -0.2) is 67.1 Å². The van der Waals surface area contributed by atoms with Crippen LogP contribution in [0.25, 0.3) is 0 Å². The van der Waals surface area contributed by atoms with Gasteiger partial charge < -0.3 is 20.2 Å². The van der Waals surface area contributed by atoms with Gasteiger partial charge in [-0.3, -0.25) is 4.79 Å². The number of hydrogen-bond acceptors (Lipinski definition) is 4. The number of amides is 1. The number of rotatable bonds is 5. The molecule has 1 fully saturated rings. The molecule has 2 N–H and O–H groups in total. The van der Waals surface area contributed by atoms with E-state index in [0.29, 0.717) is 17.5 Å². The van der Waals surface area contributed by atoms with Crippen LogP contribution in [0.3, 0.4) is 0 Å². The summed E-state index contributed by atoms with van der Waals surface area (Å²) in [7, 11) is 2.14. The van der Waals surface area contributed by atoms with Gasteiger partial charge in [-0.1, -0.05) is 18.5 Å². The second-order valence-electron chi connectivity index (χ2n) is 6.08. The lowest BCUT2D eigenvalue weighted by Gasteiger charge is -2.33. The van der Waals surface area contributed by atoms with Crippen molar-refractivity contribution in [3.63, 3.8) is 0 Å². The van der Waals surface area contributed by atoms with Crippen LogP contribution in [0.15, 0.2) is 18.2 Å². The van der Waals surface area contributed by atoms with E-state index < -0.39 is 0 Å². The van der Waals surface area contributed by atoms with Gasteiger partial charge in [-0.2, -0.15) is 0 Å². The molecule has 22 heavy (non-hydrogen) atoms. The maximum absolute atomic E-state index is 12.1. The largest absolute Gasteiger partial charge is 0.507 e. The molecule has 0 spiro atoms. The van der Waals surface area contributed by atoms with Gasteiger partial charge in [0.25, 0.3) is 5.91 Å². The van der Waals surface area contributed by atoms with Crippen molar-refractivity contribution in [2.45, 2.75) is 6.92 Å². The number of carbonyl (C=O) groups is 1. The Labute approximate surface area is 136 Å². The first-order chi connectivity index (χ1) is 10.5. The summed E-state index contributed by atoms with van der Waals surface area (Å²) in [6.07, 6.45) is 0. The van der Waals surface area contributed by atoms with Crippen LogP contribution >= 0.6 is 11.6 Å². The van der Waals surface area contributed by atoms with Gasteiger partial charge in [-0.15, -0.1) is 0 Å². The lowest BCUT2D eigenvalue weighted by molar-refractivity contribution is 0.0935. The number of phenolic OH excluding ortho intramolecular Hbond substituents is 1. The molecule has 1 saturated heterocycles. The molecule has 1 aliphatic rings. The van der Waals surface area contributed by atoms with Gasteiger partial charge in [0.1, 0.15) is 5.75 Å². The number of piperazine rings is 1. The first-order valence-corrected chi connectivity index (χ1v) is 8.01. The highest BCUT2D eigenvalue weighted by atomic mass is 35.5. The second kappa shape index (κ2) is 7.81. The number of phenols is 1. The van der Waals surface area contributed by atoms with Gasteiger partial charge in [0.15, 0.2) is 0 Å². The predicted octanol–water partition coefficient (Wildman–Crippen LogP) is 1.66. The zero-order valence-electron chi connectivity index (χ0n) is 13.2. The maximum Gasteiger partial charge on any atom is 0.255 e. The Morgan fingerprint density at radius 1 is 1.36 bits per heavy atom. The van der Waals surface area contributed by atoms with E-state index in [9.17, 15) is 9.90 Å². The third-order valence-corrected chi connectivity index (χ3v) is 4.22. The van der Waals surface area contributed by atoms with E-state index in [1.807, 2.05) is 0 Å². The minimum atomic E-state index is -0.264. The van der Waals surface area contributed by atoms with E-state index >= 15 is 0 Å². The smallest absolute Gasteiger partial charge is 0.255 e. The fraction of sp³-hybridized carbons (Fsp3) is 0.562. The lowest BCUT2D eigenvalue weighted by atomic mass is 10.1. The number of likely N-dealkylation sites (N-methyl/N-ethyl adjacent to an activating group) is 1. The third kappa shape index (κ3) is 4.87. The van der Waals surface area contributed by atoms with Crippen molar-refractivity contribution in [2.75, 3.05) is 46.3 Å². The van der Waals surface area contributed by atoms with Crippen LogP contribution in [0, 0.1) is 5.92 Å². The van der Waals surface area contributed by atoms with E-state index in [1.54, 1.807) is 6.07 Å². The Kier molecular flexibility index (Phi) is 6.06. The normalized spacial score (nSPS) is 18.1. The SMILES string of the molecule is CC(CNC(=O)c1ccc(Cl)cc1O)CN1CCN(C)CC1. The minimum Gasteiger partial charge on any atom is -0.507 e. The average molecular weight is 326 g/mol. The van der Waals surface area contributed by atoms with Gasteiger partial charge >= 0.3 is 0 Å². The van der Waals surface area contributed by atoms with Crippen molar-refractivity contribution in [1.29, 1.82) is 0 Å². The quantitative estimate of drug-likeness (QED) is 0.864. The number of benzene rings is 1. The summed E-state index contributed by atoms with van der Waals surface area (Å²) < 4.78 is 0. The topological polar surface area (TPSA) is 55.8 Å². The zero-order valence-corrected chi connectivity index (χ0v) is 13.9. The standard InChI is InChI=1S/C16H24ClN3O2/c1-12(11-20-7-5-19(2)6-8-20)10-18-16(22)14-4-3-13(17)9-15(14)21/h3-4,9,12,21H,5-8,10-11H2,1-2H3,(H,18,22). The summed E-state index contributed by atoms with van der Waals surface area (Å²) in [5.41, 5.74) is 0.260. The van der Waals surface area contributed by atoms with Crippen LogP contribution < -0.4 is 5.32 Å². The lowest BCUT2D eigenvalue weighted by Crippen LogP contribution is -2.46. The molecule has 1 heterocycles. The molecule has 1 atom stereocenters. The molecule has 6 heteroatoms. The van der Waals surface area contributed by atoms with E-state index in [1.165, 1.54) is 12.1 Å². The number of nitrogens with one attached hydrogen (secondary N) is 1. The molecule has 0 radical (unpaired) electrons. The summed E-state index contributed by atoms with van der Waals surface area (Å²) in [5.74, 6) is 0.0120. The molecule has 0 aliphatic carbocycles. The Balaban J connectivity index is 1.78. The number of hydrogen-bond donors (Lipinski definition) is 2. The molecule has 2 rings (SSSR count). The van der Waals surface area contributed by atoms with E-state index in [-0.39, 0.29) is 17.2 Å². The molecule has 5 nitrogen and oxygen atoms in total. The molecule has 1 aromatic rings. The number of nitrogens with zero attached hydrogens (tertiary/aromatic N) is 2. The summed E-state index contributed by atoms with van der Waals surface area (Å²) in [5, 5.41) is 13.0. The molecule has 0 saturated carbocycles. The maximum atomic E-state index is 12.1. The molecule has 0 bridgehead atoms. The van der Waals surface area contributed by atoms with Crippen LogP contribution in [0.2, 0.25) is 5.02 Å². The molecule has 1 unspecified atom stereocenters. The van der Waals surface area contributed by atoms with Crippen molar-refractivity contribution in [2.24, 2.45) is 5.92 Å². The predicted molar refractivity (Wildman–Crippen MR) is 88.6 cm³/mol. The third-order valence-electron chi connectivity index (χ3n) is 3.98. The highest BCUT2D eigenvalue weighted by Gasteiger charge is 2.17. The van der Waals surface area contributed by atoms with Crippen molar-refractivity contribution < 1.29 is 9.90 Å². The van der Waals surface area contributed by atoms with Gasteiger partial charge in [0.2, 0.25) is 0 Å². The first kappa shape index (κ1) is 17.1. The van der Waals surface area contributed by atoms with Crippen LogP contribution in [0.4, 0.5) is 0 Å². The van der Waals surface area contributed by atoms with Crippen LogP contribution in [-0.2, 0) is 0 Å². The summed E-state index contributed by atoms with van der Waals surface area (Å²) in [4.78, 5) is 16.8. The van der Waals surface area contributed by atoms with E-state index in [4.69, 9.17) is 11.6 Å². The number of carbonyl (C=O) groups excluding carboxylic acids is 1. The highest BCUT2D eigenvalue weighted by Crippen LogP contribution is 2.21. The number of aromatic hydroxyl groups is 1. The summed E-state index contributed by atoms with van der Waals surface area (Å²) >= 11 is 5.77. The van der Waals surface area contributed by atoms with E-state index in [2.05, 4.69) is 29.1 Å². The molecule has 1 aromatic carbocycles. The molecular weight excluding hydrogens is 302 g/mol. The van der Waals surface area contributed by atoms with Crippen molar-refractivity contribution in [3.8, 4) is 5.75 Å². The monoisotopic (exact) mass is 325 g/mol. The highest BCUT2D eigenvalue weighted by molar-refractivity contribution is 6.30. The van der Waals surface area contributed by atoms with Crippen molar-refractivity contribution in [1.82, 2.24) is 15.1 Å². The molecular formula is C16H24ClN3O2. The molecule has 1 aliphatic heterocycles. The van der Waals surface area contributed by atoms with E-state index in [0.717, 1.165) is 32.7 Å². The Morgan fingerprint density at radius 3 is 2.68 bits per heavy atom. The Bertz CT molecular complexity index is 516. The van der Waals surface area contributed by atoms with Gasteiger partial charge in [-0.05, 0) is 31.2 Å². The Morgan fingerprint density at radius 2 is 2.05 bits per heavy atom. The molecule has 0 aromatic heterocycles. The summed E-state index contributed by atoms with van der Waals surface area (Å²) in [6, 6.07) is 4.52. The molecule has 1 amide bonds. The van der Waals surface area contributed by atoms with Crippen molar-refractivity contribution in [3.05, 3.63) is 28.8 Å². The van der Waals surface area contributed by atoms with Gasteiger partial charge in [0, 0.05) is 44.3 Å². The van der Waals surface area contributed by atoms with Gasteiger partial charge in [-0.25, -0.2) is 0 Å². The van der Waals surface area contributed by atoms with Gasteiger partial charge in [0.05, 0.1) is 5.56 Å². The Hall–Kier alpha value is -1.30. The average Bonchev–Trinajstić information content (AvgIpc) is 2.47. The second-order valence-corrected chi connectivity index (χ2v) is 6.52. The zero-order chi connectivity index (χ0) is 16.1. The fourth-order valence-corrected chi connectivity index (χ4v) is 2.76. The summed E-state index contributed by atoms with van der Waals surface area (Å²) in [6.45, 7) is 8.03. The van der Waals surface area contributed by atoms with Crippen LogP contribution in [0.5, 0.6) is 5.75 Å². The van der Waals surface area contributed by atoms with Crippen LogP contribution in [0.1, 0.15) is 17.3 Å². The minimum absolute atomic E-state index is 0.0864. The van der Waals surface area contributed by atoms with Crippen molar-refractivity contribution >= 4 is 17.5 Å².